The van der Waals surface area contributed by atoms with Crippen LogP contribution in [0.25, 0.3) is 10.9 Å². The molecule has 0 aliphatic heterocycles. The average molecular weight is 471 g/mol. The molecule has 1 N–H and O–H groups in total. The molecule has 0 bridgehead atoms. The van der Waals surface area contributed by atoms with Gasteiger partial charge in [0.15, 0.2) is 5.16 Å². The molecule has 1 unspecified atom stereocenters. The number of nitrogens with zero attached hydrogens (tertiary/aromatic N) is 3. The minimum absolute atomic E-state index is 0.122. The number of nitrogens with one attached hydrogen (secondary N) is 1. The van der Waals surface area contributed by atoms with Crippen molar-refractivity contribution in [3.8, 4) is 6.07 Å². The molecule has 148 valence electrons. The fraction of sp³-hybridized carbons (Fsp3) is 0.238. The molecular formula is C21H19BrN4O2S. The summed E-state index contributed by atoms with van der Waals surface area (Å²) in [5, 5.41) is 12.5. The number of benzene rings is 2. The third-order valence-corrected chi connectivity index (χ3v) is 5.87. The number of anilines is 1. The van der Waals surface area contributed by atoms with Gasteiger partial charge in [0.05, 0.1) is 27.4 Å². The minimum atomic E-state index is -0.510. The number of fused-ring (bicyclic) bond motifs is 1. The van der Waals surface area contributed by atoms with Gasteiger partial charge in [0, 0.05) is 11.0 Å². The molecule has 0 fully saturated rings. The maximum atomic E-state index is 13.0. The lowest BCUT2D eigenvalue weighted by atomic mass is 10.2. The summed E-state index contributed by atoms with van der Waals surface area (Å²) >= 11 is 4.62. The molecular weight excluding hydrogens is 452 g/mol. The van der Waals surface area contributed by atoms with Crippen molar-refractivity contribution >= 4 is 50.2 Å². The monoisotopic (exact) mass is 470 g/mol. The zero-order valence-electron chi connectivity index (χ0n) is 16.0. The molecule has 1 aromatic heterocycles. The van der Waals surface area contributed by atoms with Crippen LogP contribution in [-0.2, 0) is 11.3 Å². The van der Waals surface area contributed by atoms with E-state index in [1.807, 2.05) is 13.0 Å². The van der Waals surface area contributed by atoms with Gasteiger partial charge in [0.25, 0.3) is 5.56 Å². The first-order chi connectivity index (χ1) is 13.9. The number of hydrogen-bond acceptors (Lipinski definition) is 5. The molecule has 3 rings (SSSR count). The molecule has 0 radical (unpaired) electrons. The highest BCUT2D eigenvalue weighted by atomic mass is 79.9. The van der Waals surface area contributed by atoms with Gasteiger partial charge in [-0.2, -0.15) is 5.26 Å². The molecule has 3 aromatic rings. The Balaban J connectivity index is 1.91. The zero-order valence-corrected chi connectivity index (χ0v) is 18.4. The number of carbonyl (C=O) groups is 1. The van der Waals surface area contributed by atoms with E-state index in [1.54, 1.807) is 47.9 Å². The van der Waals surface area contributed by atoms with Gasteiger partial charge in [0.2, 0.25) is 5.91 Å². The Morgan fingerprint density at radius 2 is 2.10 bits per heavy atom. The van der Waals surface area contributed by atoms with Crippen molar-refractivity contribution in [2.75, 3.05) is 5.32 Å². The van der Waals surface area contributed by atoms with E-state index in [1.165, 1.54) is 11.8 Å². The first kappa shape index (κ1) is 21.1. The average Bonchev–Trinajstić information content (AvgIpc) is 2.71. The Morgan fingerprint density at radius 3 is 2.83 bits per heavy atom. The Labute approximate surface area is 181 Å². The van der Waals surface area contributed by atoms with E-state index in [2.05, 4.69) is 32.3 Å². The normalized spacial score (nSPS) is 11.8. The summed E-state index contributed by atoms with van der Waals surface area (Å²) in [5.41, 5.74) is 1.34. The molecule has 0 aliphatic carbocycles. The Bertz CT molecular complexity index is 1170. The predicted molar refractivity (Wildman–Crippen MR) is 119 cm³/mol. The number of aromatic nitrogens is 2. The van der Waals surface area contributed by atoms with Crippen LogP contribution < -0.4 is 10.9 Å². The number of halogens is 1. The van der Waals surface area contributed by atoms with Crippen LogP contribution in [0.4, 0.5) is 5.69 Å². The summed E-state index contributed by atoms with van der Waals surface area (Å²) in [4.78, 5) is 30.3. The van der Waals surface area contributed by atoms with Crippen molar-refractivity contribution in [1.29, 1.82) is 5.26 Å². The van der Waals surface area contributed by atoms with Crippen molar-refractivity contribution in [2.24, 2.45) is 0 Å². The van der Waals surface area contributed by atoms with E-state index in [4.69, 9.17) is 0 Å². The summed E-state index contributed by atoms with van der Waals surface area (Å²) in [6.07, 6.45) is 0.769. The van der Waals surface area contributed by atoms with Gasteiger partial charge in [-0.15, -0.1) is 0 Å². The standard InChI is InChI=1S/C21H19BrN4O2S/c1-3-10-26-20(28)16-11-15(22)8-9-18(16)25-21(26)29-13(2)19(27)24-17-7-5-4-6-14(17)12-23/h4-9,11,13H,3,10H2,1-2H3,(H,24,27). The molecule has 2 aromatic carbocycles. The second-order valence-electron chi connectivity index (χ2n) is 6.42. The topological polar surface area (TPSA) is 87.8 Å². The minimum Gasteiger partial charge on any atom is -0.324 e. The lowest BCUT2D eigenvalue weighted by Crippen LogP contribution is -2.27. The molecule has 1 atom stereocenters. The van der Waals surface area contributed by atoms with Crippen molar-refractivity contribution in [1.82, 2.24) is 9.55 Å². The number of rotatable bonds is 6. The molecule has 0 aliphatic rings. The highest BCUT2D eigenvalue weighted by molar-refractivity contribution is 9.10. The second kappa shape index (κ2) is 9.25. The zero-order chi connectivity index (χ0) is 21.0. The van der Waals surface area contributed by atoms with E-state index in [0.717, 1.165) is 10.9 Å². The van der Waals surface area contributed by atoms with Crippen molar-refractivity contribution in [3.63, 3.8) is 0 Å². The van der Waals surface area contributed by atoms with Gasteiger partial charge >= 0.3 is 0 Å². The first-order valence-electron chi connectivity index (χ1n) is 9.11. The van der Waals surface area contributed by atoms with Crippen LogP contribution in [0.3, 0.4) is 0 Å². The highest BCUT2D eigenvalue weighted by Crippen LogP contribution is 2.25. The van der Waals surface area contributed by atoms with Gasteiger partial charge in [-0.25, -0.2) is 4.98 Å². The van der Waals surface area contributed by atoms with Crippen LogP contribution in [0.1, 0.15) is 25.8 Å². The Kier molecular flexibility index (Phi) is 6.72. The third kappa shape index (κ3) is 4.69. The second-order valence-corrected chi connectivity index (χ2v) is 8.64. The van der Waals surface area contributed by atoms with Crippen LogP contribution in [0.5, 0.6) is 0 Å². The lowest BCUT2D eigenvalue weighted by molar-refractivity contribution is -0.115. The van der Waals surface area contributed by atoms with Gasteiger partial charge in [-0.3, -0.25) is 14.2 Å². The molecule has 0 spiro atoms. The molecule has 0 saturated carbocycles. The number of nitriles is 1. The Morgan fingerprint density at radius 1 is 1.34 bits per heavy atom. The number of carbonyl (C=O) groups excluding carboxylic acids is 1. The van der Waals surface area contributed by atoms with Gasteiger partial charge in [0.1, 0.15) is 6.07 Å². The molecule has 6 nitrogen and oxygen atoms in total. The summed E-state index contributed by atoms with van der Waals surface area (Å²) < 4.78 is 2.43. The van der Waals surface area contributed by atoms with E-state index in [0.29, 0.717) is 33.9 Å². The van der Waals surface area contributed by atoms with Gasteiger partial charge < -0.3 is 5.32 Å². The first-order valence-corrected chi connectivity index (χ1v) is 10.8. The van der Waals surface area contributed by atoms with Crippen molar-refractivity contribution in [3.05, 3.63) is 62.9 Å². The summed E-state index contributed by atoms with van der Waals surface area (Å²) in [5.74, 6) is -0.258. The number of thioether (sulfide) groups is 1. The van der Waals surface area contributed by atoms with Crippen LogP contribution in [0, 0.1) is 11.3 Å². The summed E-state index contributed by atoms with van der Waals surface area (Å²) in [7, 11) is 0. The number of amides is 1. The fourth-order valence-electron chi connectivity index (χ4n) is 2.82. The van der Waals surface area contributed by atoms with E-state index >= 15 is 0 Å². The van der Waals surface area contributed by atoms with Gasteiger partial charge in [-0.05, 0) is 43.7 Å². The largest absolute Gasteiger partial charge is 0.324 e. The quantitative estimate of drug-likeness (QED) is 0.421. The molecule has 0 saturated heterocycles. The maximum Gasteiger partial charge on any atom is 0.262 e. The molecule has 8 heteroatoms. The molecule has 1 heterocycles. The van der Waals surface area contributed by atoms with E-state index < -0.39 is 5.25 Å². The van der Waals surface area contributed by atoms with Crippen molar-refractivity contribution in [2.45, 2.75) is 37.2 Å². The smallest absolute Gasteiger partial charge is 0.262 e. The van der Waals surface area contributed by atoms with Crippen LogP contribution in [0.2, 0.25) is 0 Å². The molecule has 1 amide bonds. The Hall–Kier alpha value is -2.63. The third-order valence-electron chi connectivity index (χ3n) is 4.29. The van der Waals surface area contributed by atoms with Crippen LogP contribution in [-0.4, -0.2) is 20.7 Å². The fourth-order valence-corrected chi connectivity index (χ4v) is 4.11. The highest BCUT2D eigenvalue weighted by Gasteiger charge is 2.20. The summed E-state index contributed by atoms with van der Waals surface area (Å²) in [6.45, 7) is 4.26. The number of hydrogen-bond donors (Lipinski definition) is 1. The van der Waals surface area contributed by atoms with Gasteiger partial charge in [-0.1, -0.05) is 46.7 Å². The molecule has 29 heavy (non-hydrogen) atoms. The van der Waals surface area contributed by atoms with Crippen molar-refractivity contribution < 1.29 is 4.79 Å². The van der Waals surface area contributed by atoms with Crippen LogP contribution in [0.15, 0.2) is 56.9 Å². The lowest BCUT2D eigenvalue weighted by Gasteiger charge is -2.16. The number of para-hydroxylation sites is 1. The van der Waals surface area contributed by atoms with E-state index in [9.17, 15) is 14.9 Å². The van der Waals surface area contributed by atoms with E-state index in [-0.39, 0.29) is 11.5 Å². The summed E-state index contributed by atoms with van der Waals surface area (Å²) in [6, 6.07) is 14.3. The SMILES string of the molecule is CCCn1c(SC(C)C(=O)Nc2ccccc2C#N)nc2ccc(Br)cc2c1=O. The van der Waals surface area contributed by atoms with Crippen LogP contribution >= 0.6 is 27.7 Å². The predicted octanol–water partition coefficient (Wildman–Crippen LogP) is 4.56. The maximum absolute atomic E-state index is 13.0.